The number of hydrogen-bond acceptors (Lipinski definition) is 3. The van der Waals surface area contributed by atoms with Gasteiger partial charge >= 0.3 is 0 Å². The van der Waals surface area contributed by atoms with Crippen LogP contribution in [0.1, 0.15) is 39.0 Å². The monoisotopic (exact) mass is 236 g/mol. The third-order valence-corrected chi connectivity index (χ3v) is 4.63. The fourth-order valence-electron chi connectivity index (χ4n) is 3.58. The molecular formula is C13H20N2O2. The summed E-state index contributed by atoms with van der Waals surface area (Å²) in [6, 6.07) is 0.621. The molecule has 3 aliphatic rings. The molecule has 0 bridgehead atoms. The van der Waals surface area contributed by atoms with Gasteiger partial charge in [-0.25, -0.2) is 0 Å². The van der Waals surface area contributed by atoms with E-state index in [9.17, 15) is 9.59 Å². The van der Waals surface area contributed by atoms with Crippen molar-refractivity contribution in [3.05, 3.63) is 0 Å². The number of imide groups is 1. The second kappa shape index (κ2) is 4.09. The summed E-state index contributed by atoms with van der Waals surface area (Å²) in [5.41, 5.74) is 0. The average molecular weight is 236 g/mol. The second-order valence-corrected chi connectivity index (χ2v) is 5.73. The number of nitrogens with one attached hydrogen (secondary N) is 1. The van der Waals surface area contributed by atoms with E-state index < -0.39 is 0 Å². The highest BCUT2D eigenvalue weighted by Gasteiger charge is 2.51. The summed E-state index contributed by atoms with van der Waals surface area (Å²) in [6.45, 7) is 2.93. The van der Waals surface area contributed by atoms with Gasteiger partial charge in [-0.1, -0.05) is 6.42 Å². The Labute approximate surface area is 102 Å². The largest absolute Gasteiger partial charge is 0.312 e. The Morgan fingerprint density at radius 2 is 1.71 bits per heavy atom. The fourth-order valence-corrected chi connectivity index (χ4v) is 3.58. The maximum absolute atomic E-state index is 12.3. The van der Waals surface area contributed by atoms with Gasteiger partial charge in [-0.15, -0.1) is 0 Å². The molecule has 3 rings (SSSR count). The van der Waals surface area contributed by atoms with Crippen molar-refractivity contribution in [2.24, 2.45) is 11.8 Å². The van der Waals surface area contributed by atoms with Crippen molar-refractivity contribution in [3.63, 3.8) is 0 Å². The predicted octanol–water partition coefficient (Wildman–Crippen LogP) is 0.912. The molecule has 94 valence electrons. The third-order valence-electron chi connectivity index (χ3n) is 4.63. The molecule has 2 saturated heterocycles. The van der Waals surface area contributed by atoms with E-state index in [0.717, 1.165) is 38.6 Å². The molecule has 0 aromatic carbocycles. The summed E-state index contributed by atoms with van der Waals surface area (Å²) >= 11 is 0. The topological polar surface area (TPSA) is 49.4 Å². The first-order chi connectivity index (χ1) is 8.18. The molecule has 2 amide bonds. The van der Waals surface area contributed by atoms with Crippen LogP contribution in [0.5, 0.6) is 0 Å². The van der Waals surface area contributed by atoms with E-state index in [1.54, 1.807) is 4.90 Å². The lowest BCUT2D eigenvalue weighted by Crippen LogP contribution is -2.51. The molecule has 0 spiro atoms. The zero-order chi connectivity index (χ0) is 12.0. The number of nitrogens with zero attached hydrogens (tertiary/aromatic N) is 1. The Bertz CT molecular complexity index is 325. The second-order valence-electron chi connectivity index (χ2n) is 5.73. The summed E-state index contributed by atoms with van der Waals surface area (Å²) in [5, 5.41) is 3.37. The van der Waals surface area contributed by atoms with Crippen LogP contribution in [0, 0.1) is 11.8 Å². The van der Waals surface area contributed by atoms with E-state index in [1.807, 2.05) is 0 Å². The third kappa shape index (κ3) is 1.69. The molecule has 0 radical (unpaired) electrons. The van der Waals surface area contributed by atoms with Crippen LogP contribution in [-0.4, -0.2) is 35.3 Å². The van der Waals surface area contributed by atoms with Gasteiger partial charge in [0.25, 0.3) is 0 Å². The first kappa shape index (κ1) is 11.2. The van der Waals surface area contributed by atoms with Crippen LogP contribution < -0.4 is 5.32 Å². The van der Waals surface area contributed by atoms with Crippen LogP contribution in [-0.2, 0) is 9.59 Å². The van der Waals surface area contributed by atoms with Crippen LogP contribution in [0.2, 0.25) is 0 Å². The minimum Gasteiger partial charge on any atom is -0.312 e. The van der Waals surface area contributed by atoms with Crippen LogP contribution in [0.4, 0.5) is 0 Å². The van der Waals surface area contributed by atoms with Gasteiger partial charge < -0.3 is 5.32 Å². The molecule has 1 N–H and O–H groups in total. The standard InChI is InChI=1S/C13H20N2O2/c1-8-5-6-9(7-14-8)15-12(16)10-3-2-4-11(10)13(15)17/h8-11,14H,2-7H2,1H3. The lowest BCUT2D eigenvalue weighted by molar-refractivity contribution is -0.143. The molecule has 4 nitrogen and oxygen atoms in total. The van der Waals surface area contributed by atoms with Gasteiger partial charge in [-0.2, -0.15) is 0 Å². The number of fused-ring (bicyclic) bond motifs is 1. The smallest absolute Gasteiger partial charge is 0.233 e. The molecule has 1 aliphatic carbocycles. The van der Waals surface area contributed by atoms with Gasteiger partial charge in [-0.05, 0) is 32.6 Å². The maximum atomic E-state index is 12.3. The number of carbonyl (C=O) groups is 2. The lowest BCUT2D eigenvalue weighted by Gasteiger charge is -2.33. The molecule has 1 saturated carbocycles. The zero-order valence-corrected chi connectivity index (χ0v) is 10.3. The van der Waals surface area contributed by atoms with Crippen LogP contribution in [0.15, 0.2) is 0 Å². The molecule has 2 heterocycles. The zero-order valence-electron chi connectivity index (χ0n) is 10.3. The van der Waals surface area contributed by atoms with Crippen molar-refractivity contribution in [3.8, 4) is 0 Å². The molecule has 17 heavy (non-hydrogen) atoms. The van der Waals surface area contributed by atoms with E-state index in [4.69, 9.17) is 0 Å². The molecule has 0 aromatic rings. The number of rotatable bonds is 1. The first-order valence-corrected chi connectivity index (χ1v) is 6.79. The summed E-state index contributed by atoms with van der Waals surface area (Å²) in [6.07, 6.45) is 4.90. The van der Waals surface area contributed by atoms with E-state index in [0.29, 0.717) is 6.04 Å². The van der Waals surface area contributed by atoms with Crippen molar-refractivity contribution >= 4 is 11.8 Å². The highest BCUT2D eigenvalue weighted by atomic mass is 16.2. The first-order valence-electron chi connectivity index (χ1n) is 6.79. The van der Waals surface area contributed by atoms with Crippen molar-refractivity contribution in [2.45, 2.75) is 51.1 Å². The van der Waals surface area contributed by atoms with Gasteiger partial charge in [-0.3, -0.25) is 14.5 Å². The quantitative estimate of drug-likeness (QED) is 0.689. The van der Waals surface area contributed by atoms with Crippen LogP contribution >= 0.6 is 0 Å². The van der Waals surface area contributed by atoms with Gasteiger partial charge in [0.05, 0.1) is 17.9 Å². The van der Waals surface area contributed by atoms with Gasteiger partial charge in [0.2, 0.25) is 11.8 Å². The number of amides is 2. The van der Waals surface area contributed by atoms with E-state index in [1.165, 1.54) is 0 Å². The highest BCUT2D eigenvalue weighted by molar-refractivity contribution is 6.05. The van der Waals surface area contributed by atoms with Crippen LogP contribution in [0.25, 0.3) is 0 Å². The molecule has 4 unspecified atom stereocenters. The van der Waals surface area contributed by atoms with Gasteiger partial charge in [0, 0.05) is 12.6 Å². The van der Waals surface area contributed by atoms with Gasteiger partial charge in [0.15, 0.2) is 0 Å². The molecule has 3 fully saturated rings. The van der Waals surface area contributed by atoms with Gasteiger partial charge in [0.1, 0.15) is 0 Å². The van der Waals surface area contributed by atoms with Crippen molar-refractivity contribution in [2.75, 3.05) is 6.54 Å². The Hall–Kier alpha value is -0.900. The lowest BCUT2D eigenvalue weighted by atomic mass is 10.00. The number of carbonyl (C=O) groups excluding carboxylic acids is 2. The Balaban J connectivity index is 1.75. The predicted molar refractivity (Wildman–Crippen MR) is 63.2 cm³/mol. The Morgan fingerprint density at radius 1 is 1.06 bits per heavy atom. The van der Waals surface area contributed by atoms with Crippen molar-refractivity contribution in [1.29, 1.82) is 0 Å². The Kier molecular flexibility index (Phi) is 2.69. The van der Waals surface area contributed by atoms with Crippen molar-refractivity contribution in [1.82, 2.24) is 10.2 Å². The minimum atomic E-state index is 0.0156. The van der Waals surface area contributed by atoms with E-state index in [-0.39, 0.29) is 29.7 Å². The SMILES string of the molecule is CC1CCC(N2C(=O)C3CCCC3C2=O)CN1. The minimum absolute atomic E-state index is 0.0156. The summed E-state index contributed by atoms with van der Waals surface area (Å²) in [4.78, 5) is 26.1. The molecule has 4 heteroatoms. The number of hydrogen-bond donors (Lipinski definition) is 1. The summed E-state index contributed by atoms with van der Waals surface area (Å²) in [7, 11) is 0. The average Bonchev–Trinajstić information content (AvgIpc) is 2.87. The molecule has 2 aliphatic heterocycles. The van der Waals surface area contributed by atoms with E-state index >= 15 is 0 Å². The molecule has 4 atom stereocenters. The fraction of sp³-hybridized carbons (Fsp3) is 0.846. The molecular weight excluding hydrogens is 216 g/mol. The van der Waals surface area contributed by atoms with Crippen molar-refractivity contribution < 1.29 is 9.59 Å². The molecule has 0 aromatic heterocycles. The number of piperidine rings is 1. The highest BCUT2D eigenvalue weighted by Crippen LogP contribution is 2.41. The van der Waals surface area contributed by atoms with Crippen LogP contribution in [0.3, 0.4) is 0 Å². The number of likely N-dealkylation sites (tertiary alicyclic amines) is 1. The Morgan fingerprint density at radius 3 is 2.24 bits per heavy atom. The van der Waals surface area contributed by atoms with E-state index in [2.05, 4.69) is 12.2 Å². The summed E-state index contributed by atoms with van der Waals surface area (Å²) < 4.78 is 0. The normalized spacial score (nSPS) is 42.1. The summed E-state index contributed by atoms with van der Waals surface area (Å²) in [5.74, 6) is 0.251. The maximum Gasteiger partial charge on any atom is 0.233 e.